The van der Waals surface area contributed by atoms with Crippen molar-refractivity contribution in [1.82, 2.24) is 7.47 Å². The molecule has 170 valence electrons. The summed E-state index contributed by atoms with van der Waals surface area (Å²) in [7, 11) is -9.15. The number of hydrogen-bond acceptors (Lipinski definition) is 4. The van der Waals surface area contributed by atoms with Crippen LogP contribution < -0.4 is 0 Å². The van der Waals surface area contributed by atoms with Crippen molar-refractivity contribution in [2.75, 3.05) is 11.5 Å². The predicted molar refractivity (Wildman–Crippen MR) is 132 cm³/mol. The van der Waals surface area contributed by atoms with Crippen LogP contribution in [0.15, 0.2) is 48.5 Å². The third-order valence-electron chi connectivity index (χ3n) is 5.25. The summed E-state index contributed by atoms with van der Waals surface area (Å²) in [6, 6.07) is 14.7. The van der Waals surface area contributed by atoms with Crippen LogP contribution in [0.2, 0.25) is 0 Å². The Morgan fingerprint density at radius 2 is 1.06 bits per heavy atom. The summed E-state index contributed by atoms with van der Waals surface area (Å²) in [6.07, 6.45) is 2.95. The quantitative estimate of drug-likeness (QED) is 0.393. The second-order valence-corrected chi connectivity index (χ2v) is 14.1. The van der Waals surface area contributed by atoms with Crippen LogP contribution in [-0.2, 0) is 26.2 Å². The predicted octanol–water partition coefficient (Wildman–Crippen LogP) is 5.68. The molecule has 0 aliphatic rings. The number of benzene rings is 2. The molecule has 0 fully saturated rings. The Morgan fingerprint density at radius 3 is 1.42 bits per heavy atom. The van der Waals surface area contributed by atoms with Crippen molar-refractivity contribution >= 4 is 49.7 Å². The Labute approximate surface area is 186 Å². The fourth-order valence-corrected chi connectivity index (χ4v) is 11.9. The van der Waals surface area contributed by atoms with Gasteiger partial charge in [-0.3, -0.25) is 0 Å². The van der Waals surface area contributed by atoms with Crippen LogP contribution in [-0.4, -0.2) is 35.8 Å². The molecule has 0 atom stereocenters. The smallest absolute Gasteiger partial charge is 0.213 e. The maximum absolute atomic E-state index is 13.6. The summed E-state index contributed by atoms with van der Waals surface area (Å²) in [5.41, 5.74) is 1.12. The first-order valence-electron chi connectivity index (χ1n) is 10.8. The van der Waals surface area contributed by atoms with E-state index in [0.717, 1.165) is 23.6 Å². The van der Waals surface area contributed by atoms with E-state index in [9.17, 15) is 16.8 Å². The molecule has 0 aliphatic heterocycles. The first-order chi connectivity index (χ1) is 14.8. The molecule has 0 amide bonds. The Bertz CT molecular complexity index is 1230. The summed E-state index contributed by atoms with van der Waals surface area (Å²) >= 11 is 0. The highest BCUT2D eigenvalue weighted by Gasteiger charge is 2.25. The molecule has 0 saturated carbocycles. The molecule has 0 aliphatic carbocycles. The zero-order chi connectivity index (χ0) is 22.6. The van der Waals surface area contributed by atoms with Crippen molar-refractivity contribution in [3.05, 3.63) is 48.5 Å². The number of unbranched alkanes of at least 4 members (excludes halogenated alkanes) is 2. The minimum absolute atomic E-state index is 0.00411. The van der Waals surface area contributed by atoms with Gasteiger partial charge in [0.25, 0.3) is 0 Å². The van der Waals surface area contributed by atoms with E-state index in [0.29, 0.717) is 30.0 Å². The third-order valence-corrected chi connectivity index (χ3v) is 12.8. The molecule has 2 aromatic carbocycles. The van der Waals surface area contributed by atoms with Crippen molar-refractivity contribution in [1.29, 1.82) is 0 Å². The van der Waals surface area contributed by atoms with E-state index in [1.165, 1.54) is 7.47 Å². The number of rotatable bonds is 9. The summed E-state index contributed by atoms with van der Waals surface area (Å²) in [4.78, 5) is 0. The van der Waals surface area contributed by atoms with Gasteiger partial charge in [0, 0.05) is 16.9 Å². The Hall–Kier alpha value is -1.76. The molecule has 0 spiro atoms. The van der Waals surface area contributed by atoms with Crippen LogP contribution >= 0.6 is 7.85 Å². The van der Waals surface area contributed by atoms with Crippen molar-refractivity contribution < 1.29 is 16.8 Å². The van der Waals surface area contributed by atoms with Crippen molar-refractivity contribution in [3.8, 4) is 0 Å². The van der Waals surface area contributed by atoms with E-state index in [1.807, 2.05) is 57.2 Å². The molecular formula is C22H31N2O4PS2. The Balaban J connectivity index is 2.65. The minimum atomic E-state index is -3.72. The topological polar surface area (TPSA) is 78.1 Å². The molecule has 6 nitrogen and oxygen atoms in total. The van der Waals surface area contributed by atoms with Crippen LogP contribution in [0.3, 0.4) is 0 Å². The molecule has 0 saturated heterocycles. The lowest BCUT2D eigenvalue weighted by atomic mass is 10.1. The van der Waals surface area contributed by atoms with Crippen LogP contribution in [0.1, 0.15) is 46.5 Å². The Kier molecular flexibility index (Phi) is 7.55. The van der Waals surface area contributed by atoms with Gasteiger partial charge in [-0.05, 0) is 25.0 Å². The number of nitrogens with zero attached hydrogens (tertiary/aromatic N) is 2. The summed E-state index contributed by atoms with van der Waals surface area (Å²) < 4.78 is 57.2. The lowest BCUT2D eigenvalue weighted by molar-refractivity contribution is 0.588. The summed E-state index contributed by atoms with van der Waals surface area (Å²) in [5.74, 6) is -0.00821. The minimum Gasteiger partial charge on any atom is -0.213 e. The Morgan fingerprint density at radius 1 is 0.677 bits per heavy atom. The maximum Gasteiger partial charge on any atom is 0.242 e. The van der Waals surface area contributed by atoms with Gasteiger partial charge in [-0.15, -0.1) is 0 Å². The van der Waals surface area contributed by atoms with Gasteiger partial charge in [-0.25, -0.2) is 24.3 Å². The van der Waals surface area contributed by atoms with Crippen LogP contribution in [0.4, 0.5) is 0 Å². The SMILES string of the molecule is CCCCS(=O)(=O)n1c2ccccc2c2ccccc2n(S(=O)(=O)CCCC)p1CC. The van der Waals surface area contributed by atoms with E-state index < -0.39 is 27.9 Å². The molecular weight excluding hydrogens is 451 g/mol. The molecule has 31 heavy (non-hydrogen) atoms. The standard InChI is InChI=1S/C22H31N2O4PS2/c1-4-7-17-30(25,26)23-21-15-11-9-13-19(21)20-14-10-12-16-22(20)24(29(23)6-3)31(27,28)18-8-5-2/h9-16H,4-8,17-18H2,1-3H3. The number of para-hydroxylation sites is 2. The van der Waals surface area contributed by atoms with Gasteiger partial charge in [0.1, 0.15) is 0 Å². The summed E-state index contributed by atoms with van der Waals surface area (Å²) in [5, 5.41) is 1.49. The van der Waals surface area contributed by atoms with Gasteiger partial charge in [0.2, 0.25) is 20.0 Å². The average molecular weight is 483 g/mol. The van der Waals surface area contributed by atoms with Gasteiger partial charge < -0.3 is 0 Å². The normalized spacial score (nSPS) is 12.5. The molecule has 3 aromatic rings. The molecule has 0 radical (unpaired) electrons. The van der Waals surface area contributed by atoms with Crippen molar-refractivity contribution in [3.63, 3.8) is 0 Å². The zero-order valence-electron chi connectivity index (χ0n) is 18.4. The van der Waals surface area contributed by atoms with Crippen molar-refractivity contribution in [2.24, 2.45) is 0 Å². The lowest BCUT2D eigenvalue weighted by Crippen LogP contribution is -2.21. The maximum atomic E-state index is 13.6. The van der Waals surface area contributed by atoms with Gasteiger partial charge in [0.15, 0.2) is 0 Å². The molecule has 1 heterocycles. The van der Waals surface area contributed by atoms with E-state index >= 15 is 0 Å². The van der Waals surface area contributed by atoms with Gasteiger partial charge in [0.05, 0.1) is 30.4 Å². The number of hydrogen-bond donors (Lipinski definition) is 0. The van der Waals surface area contributed by atoms with Crippen LogP contribution in [0, 0.1) is 0 Å². The van der Waals surface area contributed by atoms with E-state index in [2.05, 4.69) is 0 Å². The molecule has 0 N–H and O–H groups in total. The average Bonchev–Trinajstić information content (AvgIpc) is 2.89. The number of aromatic nitrogens is 2. The third kappa shape index (κ3) is 4.71. The molecule has 3 rings (SSSR count). The largest absolute Gasteiger partial charge is 0.242 e. The molecule has 1 aromatic heterocycles. The second kappa shape index (κ2) is 9.80. The highest BCUT2D eigenvalue weighted by atomic mass is 32.2. The second-order valence-electron chi connectivity index (χ2n) is 7.55. The van der Waals surface area contributed by atoms with E-state index in [1.54, 1.807) is 12.1 Å². The fourth-order valence-electron chi connectivity index (χ4n) is 3.73. The van der Waals surface area contributed by atoms with Crippen LogP contribution in [0.25, 0.3) is 21.8 Å². The molecule has 0 bridgehead atoms. The van der Waals surface area contributed by atoms with E-state index in [4.69, 9.17) is 0 Å². The highest BCUT2D eigenvalue weighted by Crippen LogP contribution is 2.39. The summed E-state index contributed by atoms with van der Waals surface area (Å²) in [6.45, 7) is 5.77. The van der Waals surface area contributed by atoms with Gasteiger partial charge in [-0.1, -0.05) is 70.0 Å². The van der Waals surface area contributed by atoms with Gasteiger partial charge >= 0.3 is 0 Å². The first-order valence-corrected chi connectivity index (χ1v) is 15.4. The molecule has 0 unspecified atom stereocenters. The zero-order valence-corrected chi connectivity index (χ0v) is 20.9. The molecule has 9 heteroatoms. The van der Waals surface area contributed by atoms with E-state index in [-0.39, 0.29) is 11.5 Å². The monoisotopic (exact) mass is 482 g/mol. The first kappa shape index (κ1) is 23.9. The lowest BCUT2D eigenvalue weighted by Gasteiger charge is -2.19. The van der Waals surface area contributed by atoms with Crippen LogP contribution in [0.5, 0.6) is 0 Å². The van der Waals surface area contributed by atoms with Gasteiger partial charge in [-0.2, -0.15) is 0 Å². The van der Waals surface area contributed by atoms with Crippen molar-refractivity contribution in [2.45, 2.75) is 52.6 Å². The number of fused-ring (bicyclic) bond motifs is 3. The fraction of sp³-hybridized carbons (Fsp3) is 0.455. The highest BCUT2D eigenvalue weighted by molar-refractivity contribution is 7.96.